The van der Waals surface area contributed by atoms with E-state index >= 15 is 0 Å². The Morgan fingerprint density at radius 3 is 3.13 bits per heavy atom. The van der Waals surface area contributed by atoms with Crippen molar-refractivity contribution in [2.45, 2.75) is 17.6 Å². The number of thioether (sulfide) groups is 1. The van der Waals surface area contributed by atoms with Gasteiger partial charge in [0.2, 0.25) is 0 Å². The maximum absolute atomic E-state index is 5.37. The van der Waals surface area contributed by atoms with Crippen molar-refractivity contribution in [2.24, 2.45) is 0 Å². The molecule has 1 saturated heterocycles. The molecule has 2 rings (SSSR count). The second kappa shape index (κ2) is 4.81. The minimum Gasteiger partial charge on any atom is -0.379 e. The summed E-state index contributed by atoms with van der Waals surface area (Å²) in [5, 5.41) is 0.818. The molecular weight excluding hydrogens is 210 g/mol. The third-order valence-electron chi connectivity index (χ3n) is 2.62. The molecule has 1 aromatic rings. The molecule has 1 aliphatic heterocycles. The van der Waals surface area contributed by atoms with Crippen molar-refractivity contribution in [3.8, 4) is 0 Å². The Bertz CT molecular complexity index is 328. The second-order valence-corrected chi connectivity index (χ2v) is 4.30. The summed E-state index contributed by atoms with van der Waals surface area (Å²) in [5.41, 5.74) is 0. The first-order chi connectivity index (χ1) is 7.31. The number of nitrogens with zero attached hydrogens (tertiary/aromatic N) is 3. The molecule has 15 heavy (non-hydrogen) atoms. The van der Waals surface area contributed by atoms with E-state index in [1.54, 1.807) is 18.0 Å². The van der Waals surface area contributed by atoms with Gasteiger partial charge in [-0.15, -0.1) is 0 Å². The highest BCUT2D eigenvalue weighted by atomic mass is 32.2. The molecule has 1 aromatic heterocycles. The summed E-state index contributed by atoms with van der Waals surface area (Å²) in [7, 11) is 2.06. The van der Waals surface area contributed by atoms with Crippen molar-refractivity contribution in [2.75, 3.05) is 31.4 Å². The topological polar surface area (TPSA) is 38.2 Å². The molecule has 0 aromatic carbocycles. The molecule has 4 nitrogen and oxygen atoms in total. The Morgan fingerprint density at radius 1 is 1.60 bits per heavy atom. The van der Waals surface area contributed by atoms with E-state index in [0.717, 1.165) is 30.6 Å². The van der Waals surface area contributed by atoms with Gasteiger partial charge in [-0.2, -0.15) is 0 Å². The first kappa shape index (κ1) is 10.7. The molecule has 0 spiro atoms. The molecule has 0 N–H and O–H groups in total. The van der Waals surface area contributed by atoms with Crippen molar-refractivity contribution >= 4 is 17.6 Å². The van der Waals surface area contributed by atoms with Crippen LogP contribution in [0.4, 0.5) is 5.82 Å². The van der Waals surface area contributed by atoms with Gasteiger partial charge in [0.25, 0.3) is 0 Å². The van der Waals surface area contributed by atoms with Crippen LogP contribution in [-0.4, -0.2) is 42.5 Å². The quantitative estimate of drug-likeness (QED) is 0.574. The molecule has 0 aliphatic carbocycles. The van der Waals surface area contributed by atoms with E-state index in [9.17, 15) is 0 Å². The van der Waals surface area contributed by atoms with Gasteiger partial charge in [0, 0.05) is 19.9 Å². The Balaban J connectivity index is 2.13. The molecule has 0 bridgehead atoms. The fourth-order valence-corrected chi connectivity index (χ4v) is 1.99. The van der Waals surface area contributed by atoms with E-state index < -0.39 is 0 Å². The summed E-state index contributed by atoms with van der Waals surface area (Å²) >= 11 is 1.56. The van der Waals surface area contributed by atoms with Crippen LogP contribution in [0.15, 0.2) is 17.4 Å². The number of likely N-dealkylation sites (N-methyl/N-ethyl adjacent to an activating group) is 1. The van der Waals surface area contributed by atoms with Crippen LogP contribution in [0.1, 0.15) is 6.42 Å². The summed E-state index contributed by atoms with van der Waals surface area (Å²) in [6.45, 7) is 1.66. The van der Waals surface area contributed by atoms with Crippen LogP contribution in [0.25, 0.3) is 0 Å². The normalized spacial score (nSPS) is 20.5. The third-order valence-corrected chi connectivity index (χ3v) is 3.18. The minimum atomic E-state index is 0.453. The smallest absolute Gasteiger partial charge is 0.189 e. The molecule has 1 fully saturated rings. The van der Waals surface area contributed by atoms with E-state index in [4.69, 9.17) is 4.74 Å². The predicted molar refractivity (Wildman–Crippen MR) is 61.4 cm³/mol. The highest BCUT2D eigenvalue weighted by molar-refractivity contribution is 7.98. The molecule has 1 aliphatic rings. The van der Waals surface area contributed by atoms with E-state index in [2.05, 4.69) is 21.9 Å². The average Bonchev–Trinajstić information content (AvgIpc) is 2.81. The summed E-state index contributed by atoms with van der Waals surface area (Å²) in [6.07, 6.45) is 4.87. The van der Waals surface area contributed by atoms with Crippen LogP contribution in [0.2, 0.25) is 0 Å². The molecule has 82 valence electrons. The number of rotatable bonds is 3. The van der Waals surface area contributed by atoms with Gasteiger partial charge in [-0.05, 0) is 18.7 Å². The number of hydrogen-bond donors (Lipinski definition) is 0. The fraction of sp³-hybridized carbons (Fsp3) is 0.600. The van der Waals surface area contributed by atoms with E-state index in [1.807, 2.05) is 12.3 Å². The standard InChI is InChI=1S/C10H15N3OS/c1-13(8-4-6-14-7-8)9-3-5-11-10(12-9)15-2/h3,5,8H,4,6-7H2,1-2H3. The van der Waals surface area contributed by atoms with Crippen molar-refractivity contribution < 1.29 is 4.74 Å². The first-order valence-corrected chi connectivity index (χ1v) is 6.21. The number of ether oxygens (including phenoxy) is 1. The number of anilines is 1. The summed E-state index contributed by atoms with van der Waals surface area (Å²) in [4.78, 5) is 10.8. The van der Waals surface area contributed by atoms with Crippen LogP contribution >= 0.6 is 11.8 Å². The summed E-state index contributed by atoms with van der Waals surface area (Å²) in [6, 6.07) is 2.40. The molecule has 2 heterocycles. The minimum absolute atomic E-state index is 0.453. The molecular formula is C10H15N3OS. The highest BCUT2D eigenvalue weighted by Gasteiger charge is 2.21. The number of hydrogen-bond acceptors (Lipinski definition) is 5. The van der Waals surface area contributed by atoms with Gasteiger partial charge in [0.05, 0.1) is 12.6 Å². The first-order valence-electron chi connectivity index (χ1n) is 4.99. The van der Waals surface area contributed by atoms with E-state index in [-0.39, 0.29) is 0 Å². The van der Waals surface area contributed by atoms with Gasteiger partial charge >= 0.3 is 0 Å². The monoisotopic (exact) mass is 225 g/mol. The van der Waals surface area contributed by atoms with Crippen molar-refractivity contribution in [3.63, 3.8) is 0 Å². The van der Waals surface area contributed by atoms with Crippen molar-refractivity contribution in [3.05, 3.63) is 12.3 Å². The molecule has 0 amide bonds. The van der Waals surface area contributed by atoms with Crippen LogP contribution in [0.3, 0.4) is 0 Å². The lowest BCUT2D eigenvalue weighted by molar-refractivity contribution is 0.193. The maximum Gasteiger partial charge on any atom is 0.189 e. The van der Waals surface area contributed by atoms with Crippen molar-refractivity contribution in [1.29, 1.82) is 0 Å². The maximum atomic E-state index is 5.37. The summed E-state index contributed by atoms with van der Waals surface area (Å²) in [5.74, 6) is 0.977. The lowest BCUT2D eigenvalue weighted by atomic mass is 10.2. The SMILES string of the molecule is CSc1nccc(N(C)C2CCOC2)n1. The zero-order valence-corrected chi connectivity index (χ0v) is 9.83. The Hall–Kier alpha value is -0.810. The van der Waals surface area contributed by atoms with Gasteiger partial charge in [-0.1, -0.05) is 11.8 Å². The largest absolute Gasteiger partial charge is 0.379 e. The molecule has 0 radical (unpaired) electrons. The molecule has 0 saturated carbocycles. The Morgan fingerprint density at radius 2 is 2.47 bits per heavy atom. The van der Waals surface area contributed by atoms with E-state index in [0.29, 0.717) is 6.04 Å². The van der Waals surface area contributed by atoms with Gasteiger partial charge < -0.3 is 9.64 Å². The zero-order valence-electron chi connectivity index (χ0n) is 9.01. The molecule has 5 heteroatoms. The van der Waals surface area contributed by atoms with Crippen LogP contribution in [0, 0.1) is 0 Å². The highest BCUT2D eigenvalue weighted by Crippen LogP contribution is 2.19. The van der Waals surface area contributed by atoms with Gasteiger partial charge in [-0.3, -0.25) is 0 Å². The summed E-state index contributed by atoms with van der Waals surface area (Å²) < 4.78 is 5.37. The second-order valence-electron chi connectivity index (χ2n) is 3.53. The van der Waals surface area contributed by atoms with Crippen LogP contribution in [0.5, 0.6) is 0 Å². The number of aromatic nitrogens is 2. The fourth-order valence-electron chi connectivity index (χ4n) is 1.64. The Kier molecular flexibility index (Phi) is 3.43. The molecule has 1 unspecified atom stereocenters. The van der Waals surface area contributed by atoms with Crippen LogP contribution < -0.4 is 4.90 Å². The molecule has 1 atom stereocenters. The third kappa shape index (κ3) is 2.41. The van der Waals surface area contributed by atoms with Gasteiger partial charge in [0.1, 0.15) is 5.82 Å². The zero-order chi connectivity index (χ0) is 10.7. The lowest BCUT2D eigenvalue weighted by Crippen LogP contribution is -2.32. The lowest BCUT2D eigenvalue weighted by Gasteiger charge is -2.24. The van der Waals surface area contributed by atoms with Crippen molar-refractivity contribution in [1.82, 2.24) is 9.97 Å². The Labute approximate surface area is 94.1 Å². The predicted octanol–water partition coefficient (Wildman–Crippen LogP) is 1.42. The van der Waals surface area contributed by atoms with Crippen LogP contribution in [-0.2, 0) is 4.74 Å². The van der Waals surface area contributed by atoms with Gasteiger partial charge in [-0.25, -0.2) is 9.97 Å². The van der Waals surface area contributed by atoms with Gasteiger partial charge in [0.15, 0.2) is 5.16 Å². The van der Waals surface area contributed by atoms with E-state index in [1.165, 1.54) is 0 Å². The average molecular weight is 225 g/mol.